The summed E-state index contributed by atoms with van der Waals surface area (Å²) in [5.41, 5.74) is 2.12. The van der Waals surface area contributed by atoms with Crippen LogP contribution in [-0.4, -0.2) is 50.3 Å². The molecular formula is C21H22ClN5O. The van der Waals surface area contributed by atoms with E-state index >= 15 is 0 Å². The van der Waals surface area contributed by atoms with Crippen LogP contribution in [-0.2, 0) is 11.2 Å². The molecule has 28 heavy (non-hydrogen) atoms. The Balaban J connectivity index is 1.38. The molecule has 0 radical (unpaired) electrons. The predicted molar refractivity (Wildman–Crippen MR) is 107 cm³/mol. The van der Waals surface area contributed by atoms with Crippen molar-refractivity contribution in [3.8, 4) is 0 Å². The van der Waals surface area contributed by atoms with Crippen LogP contribution in [0.25, 0.3) is 5.52 Å². The molecule has 1 amide bonds. The van der Waals surface area contributed by atoms with Crippen molar-refractivity contribution in [1.29, 1.82) is 0 Å². The molecule has 7 heteroatoms. The molecule has 1 aromatic carbocycles. The number of imidazole rings is 1. The number of carbonyl (C=O) groups is 1. The van der Waals surface area contributed by atoms with E-state index in [0.717, 1.165) is 30.6 Å². The largest absolute Gasteiger partial charge is 0.336 e. The van der Waals surface area contributed by atoms with Crippen LogP contribution in [0.2, 0.25) is 5.15 Å². The first kappa shape index (κ1) is 17.6. The highest BCUT2D eigenvalue weighted by Crippen LogP contribution is 2.33. The van der Waals surface area contributed by atoms with E-state index in [1.54, 1.807) is 12.4 Å². The molecule has 2 aliphatic heterocycles. The first-order valence-corrected chi connectivity index (χ1v) is 10.1. The number of piperidine rings is 1. The summed E-state index contributed by atoms with van der Waals surface area (Å²) in [6.45, 7) is 1.11. The van der Waals surface area contributed by atoms with Crippen molar-refractivity contribution in [1.82, 2.24) is 24.6 Å². The molecule has 4 heterocycles. The van der Waals surface area contributed by atoms with Crippen molar-refractivity contribution in [3.05, 3.63) is 65.5 Å². The summed E-state index contributed by atoms with van der Waals surface area (Å²) in [5, 5.41) is 3.92. The number of amides is 1. The smallest absolute Gasteiger partial charge is 0.236 e. The fraction of sp³-hybridized carbons (Fsp3) is 0.381. The molecule has 0 saturated carbocycles. The molecule has 0 bridgehead atoms. The van der Waals surface area contributed by atoms with Gasteiger partial charge in [0.05, 0.1) is 12.7 Å². The maximum absolute atomic E-state index is 12.7. The van der Waals surface area contributed by atoms with Gasteiger partial charge in [-0.05, 0) is 24.8 Å². The Hall–Kier alpha value is -2.44. The van der Waals surface area contributed by atoms with Gasteiger partial charge in [-0.25, -0.2) is 9.97 Å². The zero-order chi connectivity index (χ0) is 19.1. The van der Waals surface area contributed by atoms with E-state index in [1.807, 2.05) is 16.7 Å². The number of hydrogen-bond acceptors (Lipinski definition) is 4. The van der Waals surface area contributed by atoms with E-state index in [4.69, 9.17) is 11.6 Å². The van der Waals surface area contributed by atoms with Gasteiger partial charge in [0.15, 0.2) is 5.15 Å². The van der Waals surface area contributed by atoms with Gasteiger partial charge in [-0.1, -0.05) is 41.9 Å². The van der Waals surface area contributed by atoms with Gasteiger partial charge in [0.1, 0.15) is 11.3 Å². The Kier molecular flexibility index (Phi) is 4.53. The number of halogens is 1. The minimum atomic E-state index is 0.180. The van der Waals surface area contributed by atoms with Crippen LogP contribution in [0, 0.1) is 0 Å². The van der Waals surface area contributed by atoms with E-state index in [2.05, 4.69) is 44.5 Å². The Morgan fingerprint density at radius 3 is 2.89 bits per heavy atom. The first-order chi connectivity index (χ1) is 13.7. The monoisotopic (exact) mass is 395 g/mol. The number of nitrogens with one attached hydrogen (secondary N) is 1. The van der Waals surface area contributed by atoms with Crippen LogP contribution in [0.5, 0.6) is 0 Å². The third-order valence-corrected chi connectivity index (χ3v) is 6.32. The summed E-state index contributed by atoms with van der Waals surface area (Å²) in [5.74, 6) is 1.35. The summed E-state index contributed by atoms with van der Waals surface area (Å²) in [6, 6.07) is 11.0. The Labute approximate surface area is 168 Å². The molecule has 3 aromatic rings. The summed E-state index contributed by atoms with van der Waals surface area (Å²) >= 11 is 6.19. The molecule has 2 fully saturated rings. The van der Waals surface area contributed by atoms with E-state index < -0.39 is 0 Å². The fourth-order valence-corrected chi connectivity index (χ4v) is 4.85. The van der Waals surface area contributed by atoms with Crippen LogP contribution in [0.4, 0.5) is 0 Å². The molecule has 144 valence electrons. The second kappa shape index (κ2) is 7.18. The van der Waals surface area contributed by atoms with E-state index in [0.29, 0.717) is 18.2 Å². The highest BCUT2D eigenvalue weighted by molar-refractivity contribution is 6.32. The van der Waals surface area contributed by atoms with Gasteiger partial charge in [0, 0.05) is 36.9 Å². The highest BCUT2D eigenvalue weighted by Gasteiger charge is 2.40. The molecule has 0 spiro atoms. The minimum Gasteiger partial charge on any atom is -0.336 e. The first-order valence-electron chi connectivity index (χ1n) is 9.75. The SMILES string of the molecule is O=C1CNC(Cc2ccccc2)C2CCC(c3ncc4c(Cl)nccn34)CN12. The highest BCUT2D eigenvalue weighted by atomic mass is 35.5. The van der Waals surface area contributed by atoms with Gasteiger partial charge >= 0.3 is 0 Å². The summed E-state index contributed by atoms with van der Waals surface area (Å²) in [7, 11) is 0. The molecular weight excluding hydrogens is 374 g/mol. The molecule has 1 N–H and O–H groups in total. The Bertz CT molecular complexity index is 1000. The Morgan fingerprint density at radius 2 is 2.04 bits per heavy atom. The number of fused-ring (bicyclic) bond motifs is 2. The number of nitrogens with zero attached hydrogens (tertiary/aromatic N) is 4. The third kappa shape index (κ3) is 3.06. The number of aromatic nitrogens is 3. The normalized spacial score (nSPS) is 25.1. The number of carbonyl (C=O) groups excluding carboxylic acids is 1. The number of benzene rings is 1. The lowest BCUT2D eigenvalue weighted by Crippen LogP contribution is -2.63. The van der Waals surface area contributed by atoms with Crippen LogP contribution in [0.3, 0.4) is 0 Å². The number of piperazine rings is 1. The van der Waals surface area contributed by atoms with E-state index in [1.165, 1.54) is 5.56 Å². The number of rotatable bonds is 3. The molecule has 3 atom stereocenters. The van der Waals surface area contributed by atoms with Crippen molar-refractivity contribution in [2.45, 2.75) is 37.3 Å². The van der Waals surface area contributed by atoms with Gasteiger partial charge in [0.25, 0.3) is 0 Å². The van der Waals surface area contributed by atoms with E-state index in [-0.39, 0.29) is 23.9 Å². The standard InChI is InChI=1S/C21H22ClN5O/c22-20-18-11-25-21(26(18)9-8-23-20)15-6-7-17-16(10-14-4-2-1-3-5-14)24-12-19(28)27(17)13-15/h1-5,8-9,11,15-17,24H,6-7,10,12-13H2. The van der Waals surface area contributed by atoms with E-state index in [9.17, 15) is 4.79 Å². The number of hydrogen-bond donors (Lipinski definition) is 1. The van der Waals surface area contributed by atoms with Crippen molar-refractivity contribution in [2.75, 3.05) is 13.1 Å². The van der Waals surface area contributed by atoms with Crippen LogP contribution < -0.4 is 5.32 Å². The van der Waals surface area contributed by atoms with Gasteiger partial charge in [-0.3, -0.25) is 9.20 Å². The molecule has 5 rings (SSSR count). The molecule has 3 unspecified atom stereocenters. The third-order valence-electron chi connectivity index (χ3n) is 6.03. The molecule has 2 aliphatic rings. The van der Waals surface area contributed by atoms with Crippen molar-refractivity contribution < 1.29 is 4.79 Å². The lowest BCUT2D eigenvalue weighted by atomic mass is 9.85. The van der Waals surface area contributed by atoms with Crippen LogP contribution in [0.15, 0.2) is 48.9 Å². The zero-order valence-electron chi connectivity index (χ0n) is 15.5. The second-order valence-corrected chi connectivity index (χ2v) is 8.01. The lowest BCUT2D eigenvalue weighted by molar-refractivity contribution is -0.138. The quantitative estimate of drug-likeness (QED) is 0.740. The maximum Gasteiger partial charge on any atom is 0.236 e. The molecule has 2 aromatic heterocycles. The summed E-state index contributed by atoms with van der Waals surface area (Å²) in [4.78, 5) is 23.5. The van der Waals surface area contributed by atoms with Crippen LogP contribution in [0.1, 0.15) is 30.1 Å². The van der Waals surface area contributed by atoms with Crippen molar-refractivity contribution >= 4 is 23.0 Å². The average Bonchev–Trinajstić information content (AvgIpc) is 3.16. The van der Waals surface area contributed by atoms with Crippen LogP contribution >= 0.6 is 11.6 Å². The second-order valence-electron chi connectivity index (χ2n) is 7.65. The van der Waals surface area contributed by atoms with Crippen molar-refractivity contribution in [3.63, 3.8) is 0 Å². The molecule has 2 saturated heterocycles. The summed E-state index contributed by atoms with van der Waals surface area (Å²) in [6.07, 6.45) is 8.27. The topological polar surface area (TPSA) is 62.5 Å². The van der Waals surface area contributed by atoms with Gasteiger partial charge in [0.2, 0.25) is 5.91 Å². The zero-order valence-corrected chi connectivity index (χ0v) is 16.2. The Morgan fingerprint density at radius 1 is 1.18 bits per heavy atom. The molecule has 6 nitrogen and oxygen atoms in total. The minimum absolute atomic E-state index is 0.180. The molecule has 0 aliphatic carbocycles. The van der Waals surface area contributed by atoms with Gasteiger partial charge in [-0.15, -0.1) is 0 Å². The van der Waals surface area contributed by atoms with Gasteiger partial charge < -0.3 is 10.2 Å². The average molecular weight is 396 g/mol. The lowest BCUT2D eigenvalue weighted by Gasteiger charge is -2.46. The van der Waals surface area contributed by atoms with Gasteiger partial charge in [-0.2, -0.15) is 0 Å². The summed E-state index contributed by atoms with van der Waals surface area (Å²) < 4.78 is 2.01. The van der Waals surface area contributed by atoms with Crippen molar-refractivity contribution in [2.24, 2.45) is 0 Å². The predicted octanol–water partition coefficient (Wildman–Crippen LogP) is 2.67. The fourth-order valence-electron chi connectivity index (χ4n) is 4.66. The maximum atomic E-state index is 12.7.